The van der Waals surface area contributed by atoms with Crippen LogP contribution in [0.4, 0.5) is 16.2 Å². The maximum absolute atomic E-state index is 12.3. The first kappa shape index (κ1) is 18.9. The van der Waals surface area contributed by atoms with E-state index in [0.29, 0.717) is 23.5 Å². The fourth-order valence-corrected chi connectivity index (χ4v) is 2.47. The maximum Gasteiger partial charge on any atom is 0.407 e. The summed E-state index contributed by atoms with van der Waals surface area (Å²) in [4.78, 5) is 28.0. The fraction of sp³-hybridized carbons (Fsp3) is 0.0952. The van der Waals surface area contributed by atoms with Gasteiger partial charge in [0.25, 0.3) is 5.91 Å². The van der Waals surface area contributed by atoms with Gasteiger partial charge in [-0.15, -0.1) is 0 Å². The van der Waals surface area contributed by atoms with E-state index in [1.165, 1.54) is 0 Å². The summed E-state index contributed by atoms with van der Waals surface area (Å²) in [5.74, 6) is -0.275. The van der Waals surface area contributed by atoms with Gasteiger partial charge in [-0.1, -0.05) is 30.3 Å². The van der Waals surface area contributed by atoms with Crippen LogP contribution < -0.4 is 16.4 Å². The van der Waals surface area contributed by atoms with Crippen molar-refractivity contribution in [3.8, 4) is 0 Å². The Balaban J connectivity index is 1.47. The van der Waals surface area contributed by atoms with Gasteiger partial charge in [-0.2, -0.15) is 0 Å². The lowest BCUT2D eigenvalue weighted by atomic mass is 10.1. The zero-order chi connectivity index (χ0) is 19.8. The number of hydrogen-bond acceptors (Lipinski definition) is 5. The number of amides is 2. The summed E-state index contributed by atoms with van der Waals surface area (Å²) in [6, 6.07) is 17.6. The van der Waals surface area contributed by atoms with Gasteiger partial charge >= 0.3 is 6.09 Å². The van der Waals surface area contributed by atoms with Crippen molar-refractivity contribution >= 4 is 23.4 Å². The molecule has 0 aliphatic heterocycles. The van der Waals surface area contributed by atoms with Crippen molar-refractivity contribution in [1.82, 2.24) is 10.3 Å². The van der Waals surface area contributed by atoms with Crippen LogP contribution in [0, 0.1) is 0 Å². The second-order valence-corrected chi connectivity index (χ2v) is 6.03. The Kier molecular flexibility index (Phi) is 6.20. The molecule has 3 aromatic rings. The van der Waals surface area contributed by atoms with Crippen molar-refractivity contribution < 1.29 is 14.3 Å². The lowest BCUT2D eigenvalue weighted by Gasteiger charge is -2.09. The smallest absolute Gasteiger partial charge is 0.407 e. The molecule has 0 bridgehead atoms. The molecule has 7 heteroatoms. The van der Waals surface area contributed by atoms with Gasteiger partial charge in [-0.05, 0) is 35.9 Å². The number of alkyl carbamates (subject to hydrolysis) is 1. The van der Waals surface area contributed by atoms with Gasteiger partial charge in [0.1, 0.15) is 6.61 Å². The molecule has 28 heavy (non-hydrogen) atoms. The van der Waals surface area contributed by atoms with Crippen molar-refractivity contribution in [2.45, 2.75) is 13.2 Å². The molecule has 0 unspecified atom stereocenters. The fourth-order valence-electron chi connectivity index (χ4n) is 2.47. The Labute approximate surface area is 162 Å². The number of carbonyl (C=O) groups is 2. The third kappa shape index (κ3) is 5.31. The lowest BCUT2D eigenvalue weighted by molar-refractivity contribution is 0.102. The number of aromatic nitrogens is 1. The molecule has 1 aromatic heterocycles. The highest BCUT2D eigenvalue weighted by Gasteiger charge is 2.09. The van der Waals surface area contributed by atoms with Gasteiger partial charge in [-0.3, -0.25) is 9.78 Å². The molecule has 0 saturated heterocycles. The number of nitrogens with one attached hydrogen (secondary N) is 2. The summed E-state index contributed by atoms with van der Waals surface area (Å²) in [5, 5.41) is 5.47. The molecule has 0 fully saturated rings. The minimum atomic E-state index is -0.513. The molecule has 0 aliphatic carbocycles. The minimum Gasteiger partial charge on any atom is -0.445 e. The second-order valence-electron chi connectivity index (χ2n) is 6.03. The van der Waals surface area contributed by atoms with E-state index in [-0.39, 0.29) is 12.5 Å². The maximum atomic E-state index is 12.3. The summed E-state index contributed by atoms with van der Waals surface area (Å²) < 4.78 is 5.13. The summed E-state index contributed by atoms with van der Waals surface area (Å²) >= 11 is 0. The van der Waals surface area contributed by atoms with Crippen LogP contribution in [0.1, 0.15) is 21.5 Å². The number of ether oxygens (including phenoxy) is 1. The molecule has 2 aromatic carbocycles. The number of rotatable bonds is 6. The van der Waals surface area contributed by atoms with Crippen LogP contribution >= 0.6 is 0 Å². The van der Waals surface area contributed by atoms with Crippen LogP contribution in [-0.4, -0.2) is 17.0 Å². The van der Waals surface area contributed by atoms with E-state index in [2.05, 4.69) is 15.6 Å². The predicted molar refractivity (Wildman–Crippen MR) is 107 cm³/mol. The number of hydrogen-bond donors (Lipinski definition) is 3. The van der Waals surface area contributed by atoms with Crippen LogP contribution in [0.2, 0.25) is 0 Å². The number of para-hydroxylation sites is 1. The van der Waals surface area contributed by atoms with Crippen molar-refractivity contribution in [1.29, 1.82) is 0 Å². The molecular weight excluding hydrogens is 356 g/mol. The third-order valence-electron chi connectivity index (χ3n) is 3.95. The molecule has 0 spiro atoms. The highest BCUT2D eigenvalue weighted by atomic mass is 16.5. The molecule has 2 amide bonds. The molecule has 3 rings (SSSR count). The van der Waals surface area contributed by atoms with Crippen LogP contribution in [0.3, 0.4) is 0 Å². The van der Waals surface area contributed by atoms with Crippen molar-refractivity contribution in [2.24, 2.45) is 0 Å². The second kappa shape index (κ2) is 9.18. The number of nitrogen functional groups attached to an aromatic ring is 1. The van der Waals surface area contributed by atoms with Crippen LogP contribution in [0.15, 0.2) is 73.1 Å². The van der Waals surface area contributed by atoms with E-state index in [9.17, 15) is 9.59 Å². The number of carbonyl (C=O) groups excluding carboxylic acids is 2. The van der Waals surface area contributed by atoms with Gasteiger partial charge in [-0.25, -0.2) is 4.79 Å². The van der Waals surface area contributed by atoms with Gasteiger partial charge < -0.3 is 21.1 Å². The third-order valence-corrected chi connectivity index (χ3v) is 3.95. The first-order valence-electron chi connectivity index (χ1n) is 8.66. The number of nitrogens with zero attached hydrogens (tertiary/aromatic N) is 1. The Morgan fingerprint density at radius 3 is 2.46 bits per heavy atom. The molecule has 142 valence electrons. The summed E-state index contributed by atoms with van der Waals surface area (Å²) in [7, 11) is 0. The van der Waals surface area contributed by atoms with E-state index < -0.39 is 6.09 Å². The van der Waals surface area contributed by atoms with Gasteiger partial charge in [0.05, 0.1) is 5.56 Å². The molecular formula is C21H20N4O3. The van der Waals surface area contributed by atoms with Gasteiger partial charge in [0.2, 0.25) is 0 Å². The van der Waals surface area contributed by atoms with Crippen molar-refractivity contribution in [2.75, 3.05) is 11.1 Å². The number of benzene rings is 2. The Bertz CT molecular complexity index is 943. The number of anilines is 2. The van der Waals surface area contributed by atoms with Crippen LogP contribution in [0.25, 0.3) is 0 Å². The number of pyridine rings is 1. The largest absolute Gasteiger partial charge is 0.445 e. The molecule has 0 atom stereocenters. The predicted octanol–water partition coefficient (Wildman–Crippen LogP) is 3.34. The average molecular weight is 376 g/mol. The van der Waals surface area contributed by atoms with E-state index in [1.54, 1.807) is 54.9 Å². The molecule has 1 heterocycles. The highest BCUT2D eigenvalue weighted by Crippen LogP contribution is 2.15. The van der Waals surface area contributed by atoms with Gasteiger partial charge in [0.15, 0.2) is 0 Å². The molecule has 4 N–H and O–H groups in total. The lowest BCUT2D eigenvalue weighted by Crippen LogP contribution is -2.23. The quantitative estimate of drug-likeness (QED) is 0.572. The average Bonchev–Trinajstić information content (AvgIpc) is 2.73. The van der Waals surface area contributed by atoms with Crippen LogP contribution in [-0.2, 0) is 17.9 Å². The molecule has 0 aliphatic rings. The Hall–Kier alpha value is -3.87. The normalized spacial score (nSPS) is 10.1. The topological polar surface area (TPSA) is 106 Å². The summed E-state index contributed by atoms with van der Waals surface area (Å²) in [5.41, 5.74) is 8.98. The van der Waals surface area contributed by atoms with Crippen LogP contribution in [0.5, 0.6) is 0 Å². The number of nitrogens with two attached hydrogens (primary N) is 1. The zero-order valence-electron chi connectivity index (χ0n) is 15.1. The first-order valence-corrected chi connectivity index (χ1v) is 8.66. The summed E-state index contributed by atoms with van der Waals surface area (Å²) in [6.07, 6.45) is 2.79. The Morgan fingerprint density at radius 2 is 1.75 bits per heavy atom. The zero-order valence-corrected chi connectivity index (χ0v) is 15.1. The highest BCUT2D eigenvalue weighted by molar-refractivity contribution is 6.07. The van der Waals surface area contributed by atoms with E-state index in [0.717, 1.165) is 11.1 Å². The van der Waals surface area contributed by atoms with Crippen molar-refractivity contribution in [3.63, 3.8) is 0 Å². The molecule has 7 nitrogen and oxygen atoms in total. The SMILES string of the molecule is Nc1ccccc1C(=O)Nc1ccc(CNC(=O)OCc2cccnc2)cc1. The standard InChI is InChI=1S/C21H20N4O3/c22-19-6-2-1-5-18(19)20(26)25-17-9-7-15(8-10-17)13-24-21(27)28-14-16-4-3-11-23-12-16/h1-12H,13-14,22H2,(H,24,27)(H,25,26). The van der Waals surface area contributed by atoms with Gasteiger partial charge in [0, 0.05) is 35.9 Å². The van der Waals surface area contributed by atoms with E-state index in [4.69, 9.17) is 10.5 Å². The van der Waals surface area contributed by atoms with E-state index in [1.807, 2.05) is 18.2 Å². The summed E-state index contributed by atoms with van der Waals surface area (Å²) in [6.45, 7) is 0.471. The van der Waals surface area contributed by atoms with Crippen molar-refractivity contribution in [3.05, 3.63) is 89.7 Å². The molecule has 0 saturated carbocycles. The minimum absolute atomic E-state index is 0.160. The monoisotopic (exact) mass is 376 g/mol. The molecule has 0 radical (unpaired) electrons. The Morgan fingerprint density at radius 1 is 0.964 bits per heavy atom. The first-order chi connectivity index (χ1) is 13.6. The van der Waals surface area contributed by atoms with E-state index >= 15 is 0 Å².